The van der Waals surface area contributed by atoms with Crippen molar-refractivity contribution in [2.75, 3.05) is 20.1 Å². The second kappa shape index (κ2) is 7.24. The number of aryl methyl sites for hydroxylation is 2. The molecule has 1 N–H and O–H groups in total. The third kappa shape index (κ3) is 3.42. The average molecular weight is 302 g/mol. The lowest BCUT2D eigenvalue weighted by molar-refractivity contribution is 0.416. The van der Waals surface area contributed by atoms with Crippen LogP contribution in [0.15, 0.2) is 9.31 Å². The third-order valence-corrected chi connectivity index (χ3v) is 5.56. The normalized spacial score (nSPS) is 12.3. The van der Waals surface area contributed by atoms with Crippen molar-refractivity contribution in [3.63, 3.8) is 0 Å². The maximum Gasteiger partial charge on any atom is 0.246 e. The summed E-state index contributed by atoms with van der Waals surface area (Å²) in [7, 11) is -1.69. The first kappa shape index (κ1) is 17.2. The lowest BCUT2D eigenvalue weighted by Crippen LogP contribution is -2.33. The lowest BCUT2D eigenvalue weighted by atomic mass is 10.2. The van der Waals surface area contributed by atoms with Gasteiger partial charge >= 0.3 is 0 Å². The molecule has 0 spiro atoms. The Balaban J connectivity index is 3.26. The smallest absolute Gasteiger partial charge is 0.246 e. The second-order valence-corrected chi connectivity index (χ2v) is 6.78. The van der Waals surface area contributed by atoms with E-state index in [0.29, 0.717) is 36.1 Å². The molecule has 0 saturated heterocycles. The Morgan fingerprint density at radius 3 is 2.35 bits per heavy atom. The molecule has 0 saturated carbocycles. The molecule has 0 unspecified atom stereocenters. The Morgan fingerprint density at radius 2 is 1.85 bits per heavy atom. The number of furan rings is 1. The van der Waals surface area contributed by atoms with Crippen molar-refractivity contribution < 1.29 is 12.8 Å². The minimum atomic E-state index is -3.49. The molecule has 116 valence electrons. The summed E-state index contributed by atoms with van der Waals surface area (Å²) >= 11 is 0. The highest BCUT2D eigenvalue weighted by Crippen LogP contribution is 2.29. The predicted octanol–water partition coefficient (Wildman–Crippen LogP) is 2.43. The Kier molecular flexibility index (Phi) is 6.23. The van der Waals surface area contributed by atoms with Gasteiger partial charge in [-0.3, -0.25) is 0 Å². The maximum atomic E-state index is 12.8. The highest BCUT2D eigenvalue weighted by Gasteiger charge is 2.31. The van der Waals surface area contributed by atoms with Crippen LogP contribution in [-0.4, -0.2) is 32.9 Å². The molecule has 0 fully saturated rings. The molecule has 5 nitrogen and oxygen atoms in total. The quantitative estimate of drug-likeness (QED) is 0.801. The Bertz CT molecular complexity index is 535. The van der Waals surface area contributed by atoms with Gasteiger partial charge in [0.1, 0.15) is 16.4 Å². The minimum Gasteiger partial charge on any atom is -0.465 e. The van der Waals surface area contributed by atoms with Crippen molar-refractivity contribution in [2.24, 2.45) is 0 Å². The summed E-state index contributed by atoms with van der Waals surface area (Å²) in [4.78, 5) is 0.335. The van der Waals surface area contributed by atoms with Gasteiger partial charge in [0, 0.05) is 25.2 Å². The van der Waals surface area contributed by atoms with E-state index in [1.54, 1.807) is 20.9 Å². The van der Waals surface area contributed by atoms with Crippen LogP contribution in [-0.2, 0) is 16.6 Å². The zero-order valence-electron chi connectivity index (χ0n) is 13.1. The molecular formula is C14H26N2O3S. The molecule has 1 aromatic heterocycles. The van der Waals surface area contributed by atoms with Gasteiger partial charge in [0.2, 0.25) is 10.0 Å². The summed E-state index contributed by atoms with van der Waals surface area (Å²) in [5.74, 6) is 1.14. The van der Waals surface area contributed by atoms with Gasteiger partial charge in [0.25, 0.3) is 0 Å². The van der Waals surface area contributed by atoms with Gasteiger partial charge in [-0.05, 0) is 27.3 Å². The first-order chi connectivity index (χ1) is 9.39. The van der Waals surface area contributed by atoms with Crippen molar-refractivity contribution in [3.8, 4) is 0 Å². The molecule has 0 aliphatic heterocycles. The summed E-state index contributed by atoms with van der Waals surface area (Å²) in [6.45, 7) is 8.97. The molecule has 6 heteroatoms. The van der Waals surface area contributed by atoms with E-state index >= 15 is 0 Å². The van der Waals surface area contributed by atoms with Crippen LogP contribution in [0.1, 0.15) is 43.8 Å². The fourth-order valence-electron chi connectivity index (χ4n) is 2.34. The van der Waals surface area contributed by atoms with E-state index in [-0.39, 0.29) is 0 Å². The molecular weight excluding hydrogens is 276 g/mol. The Morgan fingerprint density at radius 1 is 1.20 bits per heavy atom. The molecule has 0 atom stereocenters. The van der Waals surface area contributed by atoms with Crippen LogP contribution in [0.2, 0.25) is 0 Å². The zero-order chi connectivity index (χ0) is 15.3. The number of rotatable bonds is 8. The number of nitrogens with one attached hydrogen (secondary N) is 1. The highest BCUT2D eigenvalue weighted by molar-refractivity contribution is 7.89. The van der Waals surface area contributed by atoms with Crippen molar-refractivity contribution in [1.29, 1.82) is 0 Å². The molecule has 0 aliphatic carbocycles. The molecule has 0 bridgehead atoms. The topological polar surface area (TPSA) is 62.6 Å². The van der Waals surface area contributed by atoms with Crippen molar-refractivity contribution in [3.05, 3.63) is 17.1 Å². The standard InChI is InChI=1S/C14H26N2O3S/c1-6-8-9-16(7-2)20(17,18)14-12(4)19-11(3)13(14)10-15-5/h15H,6-10H2,1-5H3. The molecule has 1 aromatic rings. The van der Waals surface area contributed by atoms with E-state index in [1.807, 2.05) is 6.92 Å². The summed E-state index contributed by atoms with van der Waals surface area (Å²) in [6.07, 6.45) is 1.84. The van der Waals surface area contributed by atoms with Gasteiger partial charge in [-0.1, -0.05) is 20.3 Å². The average Bonchev–Trinajstić information content (AvgIpc) is 2.66. The van der Waals surface area contributed by atoms with Crippen molar-refractivity contribution >= 4 is 10.0 Å². The van der Waals surface area contributed by atoms with E-state index in [4.69, 9.17) is 4.42 Å². The lowest BCUT2D eigenvalue weighted by Gasteiger charge is -2.20. The Labute approximate surface area is 122 Å². The Hall–Kier alpha value is -0.850. The van der Waals surface area contributed by atoms with Gasteiger partial charge < -0.3 is 9.73 Å². The van der Waals surface area contributed by atoms with Crippen LogP contribution in [0.4, 0.5) is 0 Å². The number of nitrogens with zero attached hydrogens (tertiary/aromatic N) is 1. The first-order valence-corrected chi connectivity index (χ1v) is 8.57. The molecule has 20 heavy (non-hydrogen) atoms. The largest absolute Gasteiger partial charge is 0.465 e. The minimum absolute atomic E-state index is 0.335. The van der Waals surface area contributed by atoms with Gasteiger partial charge in [-0.2, -0.15) is 4.31 Å². The van der Waals surface area contributed by atoms with Gasteiger partial charge in [0.15, 0.2) is 0 Å². The first-order valence-electron chi connectivity index (χ1n) is 7.13. The maximum absolute atomic E-state index is 12.8. The summed E-state index contributed by atoms with van der Waals surface area (Å²) in [6, 6.07) is 0. The van der Waals surface area contributed by atoms with Crippen LogP contribution in [0.3, 0.4) is 0 Å². The zero-order valence-corrected chi connectivity index (χ0v) is 13.9. The van der Waals surface area contributed by atoms with Gasteiger partial charge in [-0.15, -0.1) is 0 Å². The number of sulfonamides is 1. The third-order valence-electron chi connectivity index (χ3n) is 3.39. The van der Waals surface area contributed by atoms with Gasteiger partial charge in [-0.25, -0.2) is 8.42 Å². The fraction of sp³-hybridized carbons (Fsp3) is 0.714. The molecule has 0 aromatic carbocycles. The van der Waals surface area contributed by atoms with E-state index in [2.05, 4.69) is 12.2 Å². The van der Waals surface area contributed by atoms with Crippen molar-refractivity contribution in [2.45, 2.75) is 52.0 Å². The summed E-state index contributed by atoms with van der Waals surface area (Å²) in [5.41, 5.74) is 0.736. The molecule has 0 amide bonds. The fourth-order valence-corrected chi connectivity index (χ4v) is 4.24. The molecule has 1 rings (SSSR count). The summed E-state index contributed by atoms with van der Waals surface area (Å²) in [5, 5.41) is 3.01. The number of hydrogen-bond acceptors (Lipinski definition) is 4. The van der Waals surface area contributed by atoms with E-state index < -0.39 is 10.0 Å². The van der Waals surface area contributed by atoms with Crippen LogP contribution < -0.4 is 5.32 Å². The van der Waals surface area contributed by atoms with Crippen LogP contribution in [0, 0.1) is 13.8 Å². The molecule has 1 heterocycles. The highest BCUT2D eigenvalue weighted by atomic mass is 32.2. The van der Waals surface area contributed by atoms with Crippen LogP contribution >= 0.6 is 0 Å². The molecule has 0 radical (unpaired) electrons. The van der Waals surface area contributed by atoms with E-state index in [1.165, 1.54) is 4.31 Å². The number of hydrogen-bond donors (Lipinski definition) is 1. The predicted molar refractivity (Wildman–Crippen MR) is 80.3 cm³/mol. The monoisotopic (exact) mass is 302 g/mol. The van der Waals surface area contributed by atoms with Crippen LogP contribution in [0.25, 0.3) is 0 Å². The van der Waals surface area contributed by atoms with Crippen molar-refractivity contribution in [1.82, 2.24) is 9.62 Å². The SMILES string of the molecule is CCCCN(CC)S(=O)(=O)c1c(C)oc(C)c1CNC. The van der Waals surface area contributed by atoms with E-state index in [0.717, 1.165) is 18.4 Å². The second-order valence-electron chi connectivity index (χ2n) is 4.90. The van der Waals surface area contributed by atoms with E-state index in [9.17, 15) is 8.42 Å². The van der Waals surface area contributed by atoms with Crippen LogP contribution in [0.5, 0.6) is 0 Å². The molecule has 0 aliphatic rings. The van der Waals surface area contributed by atoms with Gasteiger partial charge in [0.05, 0.1) is 0 Å². The number of unbranched alkanes of at least 4 members (excludes halogenated alkanes) is 1. The summed E-state index contributed by atoms with van der Waals surface area (Å²) < 4.78 is 32.7.